The lowest BCUT2D eigenvalue weighted by atomic mass is 9.94. The van der Waals surface area contributed by atoms with Crippen molar-refractivity contribution in [2.24, 2.45) is 5.92 Å². The van der Waals surface area contributed by atoms with Gasteiger partial charge >= 0.3 is 0 Å². The molecule has 0 radical (unpaired) electrons. The maximum atomic E-state index is 13.3. The van der Waals surface area contributed by atoms with Crippen LogP contribution in [0.15, 0.2) is 66.9 Å². The minimum atomic E-state index is -0.262. The van der Waals surface area contributed by atoms with Gasteiger partial charge in [0.05, 0.1) is 26.0 Å². The van der Waals surface area contributed by atoms with E-state index >= 15 is 0 Å². The van der Waals surface area contributed by atoms with E-state index in [1.807, 2.05) is 67.6 Å². The summed E-state index contributed by atoms with van der Waals surface area (Å²) in [6, 6.07) is 19.3. The van der Waals surface area contributed by atoms with Crippen LogP contribution in [0.1, 0.15) is 35.7 Å². The Balaban J connectivity index is 1.32. The Kier molecular flexibility index (Phi) is 8.79. The summed E-state index contributed by atoms with van der Waals surface area (Å²) in [5.41, 5.74) is 2.99. The third kappa shape index (κ3) is 6.15. The van der Waals surface area contributed by atoms with Crippen LogP contribution in [0, 0.1) is 12.8 Å². The average molecular weight is 490 g/mol. The van der Waals surface area contributed by atoms with Crippen molar-refractivity contribution in [3.05, 3.63) is 83.7 Å². The molecule has 190 valence electrons. The molecule has 1 atom stereocenters. The highest BCUT2D eigenvalue weighted by molar-refractivity contribution is 5.79. The van der Waals surface area contributed by atoms with Crippen molar-refractivity contribution < 1.29 is 19.0 Å². The fourth-order valence-corrected chi connectivity index (χ4v) is 4.67. The summed E-state index contributed by atoms with van der Waals surface area (Å²) in [5.74, 6) is 1.99. The standard InChI is InChI=1S/C29H35N3O4/c1-21-9-8-16-30-26(21)27(22-10-5-4-6-11-22)31-29(33)23-14-17-32(18-15-23)19-20-36-28-24(34-2)12-7-13-25(28)35-3/h4-13,16,23,27H,14-15,17-20H2,1-3H3,(H,31,33). The first-order valence-corrected chi connectivity index (χ1v) is 12.4. The summed E-state index contributed by atoms with van der Waals surface area (Å²) in [5, 5.41) is 3.29. The van der Waals surface area contributed by atoms with E-state index in [2.05, 4.69) is 15.2 Å². The van der Waals surface area contributed by atoms with Gasteiger partial charge in [-0.2, -0.15) is 0 Å². The molecule has 3 aromatic rings. The van der Waals surface area contributed by atoms with E-state index in [4.69, 9.17) is 14.2 Å². The number of ether oxygens (including phenoxy) is 3. The largest absolute Gasteiger partial charge is 0.493 e. The summed E-state index contributed by atoms with van der Waals surface area (Å²) in [7, 11) is 3.24. The van der Waals surface area contributed by atoms with E-state index < -0.39 is 0 Å². The molecule has 1 unspecified atom stereocenters. The Hall–Kier alpha value is -3.58. The summed E-state index contributed by atoms with van der Waals surface area (Å²) >= 11 is 0. The number of rotatable bonds is 10. The number of carbonyl (C=O) groups is 1. The van der Waals surface area contributed by atoms with E-state index in [9.17, 15) is 4.79 Å². The fraction of sp³-hybridized carbons (Fsp3) is 0.379. The maximum absolute atomic E-state index is 13.3. The van der Waals surface area contributed by atoms with Gasteiger partial charge in [0, 0.05) is 18.7 Å². The number of carbonyl (C=O) groups excluding carboxylic acids is 1. The van der Waals surface area contributed by atoms with Crippen LogP contribution in [0.25, 0.3) is 0 Å². The van der Waals surface area contributed by atoms with Crippen LogP contribution in [0.3, 0.4) is 0 Å². The highest BCUT2D eigenvalue weighted by Crippen LogP contribution is 2.36. The number of benzene rings is 2. The second kappa shape index (κ2) is 12.4. The average Bonchev–Trinajstić information content (AvgIpc) is 2.93. The first kappa shape index (κ1) is 25.5. The monoisotopic (exact) mass is 489 g/mol. The minimum Gasteiger partial charge on any atom is -0.493 e. The summed E-state index contributed by atoms with van der Waals surface area (Å²) in [6.07, 6.45) is 3.41. The predicted molar refractivity (Wildman–Crippen MR) is 140 cm³/mol. The van der Waals surface area contributed by atoms with E-state index in [1.54, 1.807) is 20.4 Å². The number of para-hydroxylation sites is 1. The molecular formula is C29H35N3O4. The smallest absolute Gasteiger partial charge is 0.224 e. The molecule has 0 spiro atoms. The SMILES string of the molecule is COc1cccc(OC)c1OCCN1CCC(C(=O)NC(c2ccccc2)c2ncccc2C)CC1. The van der Waals surface area contributed by atoms with Crippen molar-refractivity contribution in [3.63, 3.8) is 0 Å². The lowest BCUT2D eigenvalue weighted by Crippen LogP contribution is -2.43. The Morgan fingerprint density at radius 2 is 1.69 bits per heavy atom. The number of aromatic nitrogens is 1. The topological polar surface area (TPSA) is 72.9 Å². The first-order chi connectivity index (χ1) is 17.6. The highest BCUT2D eigenvalue weighted by Gasteiger charge is 2.28. The van der Waals surface area contributed by atoms with Crippen LogP contribution < -0.4 is 19.5 Å². The van der Waals surface area contributed by atoms with Gasteiger partial charge in [-0.3, -0.25) is 14.7 Å². The van der Waals surface area contributed by atoms with Crippen molar-refractivity contribution in [3.8, 4) is 17.2 Å². The quantitative estimate of drug-likeness (QED) is 0.455. The number of hydrogen-bond acceptors (Lipinski definition) is 6. The number of pyridine rings is 1. The van der Waals surface area contributed by atoms with E-state index in [1.165, 1.54) is 0 Å². The van der Waals surface area contributed by atoms with Crippen LogP contribution in [-0.4, -0.2) is 56.3 Å². The van der Waals surface area contributed by atoms with Gasteiger partial charge in [-0.15, -0.1) is 0 Å². The first-order valence-electron chi connectivity index (χ1n) is 12.4. The van der Waals surface area contributed by atoms with Gasteiger partial charge in [0.15, 0.2) is 11.5 Å². The molecule has 1 N–H and O–H groups in total. The van der Waals surface area contributed by atoms with Gasteiger partial charge in [-0.05, 0) is 62.2 Å². The molecule has 1 aromatic heterocycles. The molecule has 1 saturated heterocycles. The number of methoxy groups -OCH3 is 2. The van der Waals surface area contributed by atoms with Crippen molar-refractivity contribution in [2.75, 3.05) is 40.5 Å². The Labute approximate surface area is 213 Å². The third-order valence-electron chi connectivity index (χ3n) is 6.74. The van der Waals surface area contributed by atoms with Crippen LogP contribution >= 0.6 is 0 Å². The molecule has 0 bridgehead atoms. The van der Waals surface area contributed by atoms with Gasteiger partial charge in [-0.25, -0.2) is 0 Å². The molecule has 7 nitrogen and oxygen atoms in total. The number of nitrogens with zero attached hydrogens (tertiary/aromatic N) is 2. The van der Waals surface area contributed by atoms with Crippen molar-refractivity contribution >= 4 is 5.91 Å². The predicted octanol–water partition coefficient (Wildman–Crippen LogP) is 4.40. The molecule has 1 amide bonds. The number of piperidine rings is 1. The molecule has 0 saturated carbocycles. The van der Waals surface area contributed by atoms with Gasteiger partial charge < -0.3 is 19.5 Å². The Bertz CT molecular complexity index is 1110. The van der Waals surface area contributed by atoms with Gasteiger partial charge in [0.25, 0.3) is 0 Å². The lowest BCUT2D eigenvalue weighted by molar-refractivity contribution is -0.127. The Morgan fingerprint density at radius 1 is 1.00 bits per heavy atom. The summed E-state index contributed by atoms with van der Waals surface area (Å²) < 4.78 is 16.8. The zero-order valence-corrected chi connectivity index (χ0v) is 21.3. The zero-order valence-electron chi connectivity index (χ0n) is 21.3. The van der Waals surface area contributed by atoms with Crippen molar-refractivity contribution in [1.29, 1.82) is 0 Å². The second-order valence-electron chi connectivity index (χ2n) is 9.01. The normalized spacial score (nSPS) is 15.2. The van der Waals surface area contributed by atoms with Gasteiger partial charge in [0.2, 0.25) is 11.7 Å². The molecule has 1 fully saturated rings. The summed E-state index contributed by atoms with van der Waals surface area (Å²) in [6.45, 7) is 5.02. The molecule has 1 aliphatic heterocycles. The van der Waals surface area contributed by atoms with E-state index in [0.717, 1.165) is 49.3 Å². The van der Waals surface area contributed by atoms with E-state index in [0.29, 0.717) is 23.9 Å². The molecule has 1 aliphatic rings. The van der Waals surface area contributed by atoms with Crippen LogP contribution in [0.4, 0.5) is 0 Å². The zero-order chi connectivity index (χ0) is 25.3. The molecule has 7 heteroatoms. The maximum Gasteiger partial charge on any atom is 0.224 e. The van der Waals surface area contributed by atoms with Crippen LogP contribution in [-0.2, 0) is 4.79 Å². The van der Waals surface area contributed by atoms with Crippen molar-refractivity contribution in [1.82, 2.24) is 15.2 Å². The second-order valence-corrected chi connectivity index (χ2v) is 9.01. The molecule has 2 aromatic carbocycles. The summed E-state index contributed by atoms with van der Waals surface area (Å²) in [4.78, 5) is 20.2. The molecule has 0 aliphatic carbocycles. The molecule has 2 heterocycles. The number of likely N-dealkylation sites (tertiary alicyclic amines) is 1. The van der Waals surface area contributed by atoms with Gasteiger partial charge in [0.1, 0.15) is 6.61 Å². The van der Waals surface area contributed by atoms with Crippen LogP contribution in [0.2, 0.25) is 0 Å². The fourth-order valence-electron chi connectivity index (χ4n) is 4.67. The number of amides is 1. The molecular weight excluding hydrogens is 454 g/mol. The number of hydrogen-bond donors (Lipinski definition) is 1. The number of nitrogens with one attached hydrogen (secondary N) is 1. The van der Waals surface area contributed by atoms with Gasteiger partial charge in [-0.1, -0.05) is 42.5 Å². The van der Waals surface area contributed by atoms with Crippen molar-refractivity contribution in [2.45, 2.75) is 25.8 Å². The molecule has 4 rings (SSSR count). The number of aryl methyl sites for hydroxylation is 1. The lowest BCUT2D eigenvalue weighted by Gasteiger charge is -2.32. The molecule has 36 heavy (non-hydrogen) atoms. The van der Waals surface area contributed by atoms with Crippen LogP contribution in [0.5, 0.6) is 17.2 Å². The highest BCUT2D eigenvalue weighted by atomic mass is 16.5. The van der Waals surface area contributed by atoms with E-state index in [-0.39, 0.29) is 17.9 Å². The Morgan fingerprint density at radius 3 is 2.33 bits per heavy atom. The minimum absolute atomic E-state index is 0.0216. The third-order valence-corrected chi connectivity index (χ3v) is 6.74.